The van der Waals surface area contributed by atoms with Crippen LogP contribution in [0.5, 0.6) is 11.5 Å². The van der Waals surface area contributed by atoms with E-state index < -0.39 is 0 Å². The van der Waals surface area contributed by atoms with Gasteiger partial charge in [-0.25, -0.2) is 0 Å². The van der Waals surface area contributed by atoms with Gasteiger partial charge in [-0.3, -0.25) is 14.5 Å². The standard InChI is InChI=1S/C23H18INO4S/c1-25-22(26)20(30-23(25)27)12-14-10-18(24)21(19(11-14)28-2)29-13-16-8-5-7-15-6-3-4-9-17(15)16/h3-12H,13H2,1-2H3/b20-12-. The van der Waals surface area contributed by atoms with Gasteiger partial charge in [0.25, 0.3) is 11.1 Å². The fourth-order valence-corrected chi connectivity index (χ4v) is 4.84. The van der Waals surface area contributed by atoms with Crippen LogP contribution in [0.3, 0.4) is 0 Å². The molecule has 3 aromatic rings. The lowest BCUT2D eigenvalue weighted by molar-refractivity contribution is -0.121. The summed E-state index contributed by atoms with van der Waals surface area (Å²) < 4.78 is 12.5. The first kappa shape index (κ1) is 20.7. The number of hydrogen-bond acceptors (Lipinski definition) is 5. The molecule has 1 saturated heterocycles. The van der Waals surface area contributed by atoms with E-state index in [0.717, 1.165) is 36.7 Å². The Morgan fingerprint density at radius 2 is 1.87 bits per heavy atom. The van der Waals surface area contributed by atoms with Crippen molar-refractivity contribution in [2.75, 3.05) is 14.2 Å². The third kappa shape index (κ3) is 4.04. The summed E-state index contributed by atoms with van der Waals surface area (Å²) in [5.74, 6) is 0.922. The van der Waals surface area contributed by atoms with E-state index >= 15 is 0 Å². The zero-order chi connectivity index (χ0) is 21.3. The van der Waals surface area contributed by atoms with Crippen molar-refractivity contribution in [1.29, 1.82) is 0 Å². The molecular formula is C23H18INO4S. The van der Waals surface area contributed by atoms with Gasteiger partial charge in [-0.15, -0.1) is 0 Å². The molecule has 0 aromatic heterocycles. The highest BCUT2D eigenvalue weighted by atomic mass is 127. The van der Waals surface area contributed by atoms with Crippen LogP contribution in [0.25, 0.3) is 16.8 Å². The lowest BCUT2D eigenvalue weighted by Gasteiger charge is -2.15. The molecule has 0 N–H and O–H groups in total. The molecule has 1 aliphatic rings. The van der Waals surface area contributed by atoms with Gasteiger partial charge in [0, 0.05) is 7.05 Å². The zero-order valence-electron chi connectivity index (χ0n) is 16.3. The van der Waals surface area contributed by atoms with Crippen LogP contribution >= 0.6 is 34.4 Å². The molecule has 0 aliphatic carbocycles. The summed E-state index contributed by atoms with van der Waals surface area (Å²) in [5, 5.41) is 2.05. The first-order valence-electron chi connectivity index (χ1n) is 9.16. The van der Waals surface area contributed by atoms with E-state index in [4.69, 9.17) is 9.47 Å². The first-order chi connectivity index (χ1) is 14.5. The minimum Gasteiger partial charge on any atom is -0.493 e. The van der Waals surface area contributed by atoms with Crippen molar-refractivity contribution in [2.45, 2.75) is 6.61 Å². The molecule has 2 amide bonds. The number of fused-ring (bicyclic) bond motifs is 1. The highest BCUT2D eigenvalue weighted by Gasteiger charge is 2.31. The van der Waals surface area contributed by atoms with E-state index in [2.05, 4.69) is 46.9 Å². The molecule has 0 unspecified atom stereocenters. The molecule has 1 fully saturated rings. The van der Waals surface area contributed by atoms with Crippen LogP contribution in [-0.2, 0) is 11.4 Å². The zero-order valence-corrected chi connectivity index (χ0v) is 19.3. The second kappa shape index (κ2) is 8.69. The van der Waals surface area contributed by atoms with E-state index in [1.165, 1.54) is 12.4 Å². The largest absolute Gasteiger partial charge is 0.493 e. The lowest BCUT2D eigenvalue weighted by atomic mass is 10.1. The van der Waals surface area contributed by atoms with Crippen LogP contribution in [0, 0.1) is 3.57 Å². The van der Waals surface area contributed by atoms with Crippen molar-refractivity contribution in [2.24, 2.45) is 0 Å². The van der Waals surface area contributed by atoms with Crippen LogP contribution in [0.2, 0.25) is 0 Å². The second-order valence-electron chi connectivity index (χ2n) is 6.70. The quantitative estimate of drug-likeness (QED) is 0.313. The SMILES string of the molecule is COc1cc(/C=C2\SC(=O)N(C)C2=O)cc(I)c1OCc1cccc2ccccc12. The Balaban J connectivity index is 1.62. The number of ether oxygens (including phenoxy) is 2. The second-order valence-corrected chi connectivity index (χ2v) is 8.86. The van der Waals surface area contributed by atoms with E-state index in [9.17, 15) is 9.59 Å². The van der Waals surface area contributed by atoms with Gasteiger partial charge in [0.05, 0.1) is 15.6 Å². The number of nitrogens with zero attached hydrogens (tertiary/aromatic N) is 1. The fourth-order valence-electron chi connectivity index (χ4n) is 3.23. The molecule has 5 nitrogen and oxygen atoms in total. The molecule has 3 aromatic carbocycles. The van der Waals surface area contributed by atoms with Gasteiger partial charge in [0.15, 0.2) is 11.5 Å². The van der Waals surface area contributed by atoms with Crippen molar-refractivity contribution < 1.29 is 19.1 Å². The normalized spacial score (nSPS) is 15.3. The van der Waals surface area contributed by atoms with Crippen molar-refractivity contribution in [1.82, 2.24) is 4.90 Å². The number of methoxy groups -OCH3 is 1. The highest BCUT2D eigenvalue weighted by Crippen LogP contribution is 2.37. The van der Waals surface area contributed by atoms with Crippen LogP contribution < -0.4 is 9.47 Å². The maximum atomic E-state index is 12.2. The highest BCUT2D eigenvalue weighted by molar-refractivity contribution is 14.1. The average Bonchev–Trinajstić information content (AvgIpc) is 2.99. The molecule has 152 valence electrons. The molecule has 0 radical (unpaired) electrons. The third-order valence-electron chi connectivity index (χ3n) is 4.79. The summed E-state index contributed by atoms with van der Waals surface area (Å²) in [6.07, 6.45) is 1.70. The predicted molar refractivity (Wildman–Crippen MR) is 128 cm³/mol. The number of halogens is 1. The fraction of sp³-hybridized carbons (Fsp3) is 0.130. The van der Waals surface area contributed by atoms with Gasteiger partial charge in [-0.05, 0) is 74.5 Å². The third-order valence-corrected chi connectivity index (χ3v) is 6.55. The van der Waals surface area contributed by atoms with Gasteiger partial charge in [-0.1, -0.05) is 42.5 Å². The number of amides is 2. The molecule has 30 heavy (non-hydrogen) atoms. The summed E-state index contributed by atoms with van der Waals surface area (Å²) in [7, 11) is 3.06. The number of imide groups is 1. The number of likely N-dealkylation sites (N-methyl/N-ethyl adjacent to an activating group) is 1. The number of rotatable bonds is 5. The predicted octanol–water partition coefficient (Wildman–Crippen LogP) is 5.70. The molecule has 0 saturated carbocycles. The minimum absolute atomic E-state index is 0.275. The summed E-state index contributed by atoms with van der Waals surface area (Å²) in [6.45, 7) is 0.405. The van der Waals surface area contributed by atoms with E-state index in [1.54, 1.807) is 13.2 Å². The Morgan fingerprint density at radius 3 is 2.60 bits per heavy atom. The van der Waals surface area contributed by atoms with Crippen LogP contribution in [0.15, 0.2) is 59.5 Å². The smallest absolute Gasteiger partial charge is 0.293 e. The monoisotopic (exact) mass is 531 g/mol. The topological polar surface area (TPSA) is 55.8 Å². The number of hydrogen-bond donors (Lipinski definition) is 0. The number of benzene rings is 3. The van der Waals surface area contributed by atoms with E-state index in [1.807, 2.05) is 30.3 Å². The van der Waals surface area contributed by atoms with Crippen molar-refractivity contribution in [3.63, 3.8) is 0 Å². The Morgan fingerprint density at radius 1 is 1.10 bits per heavy atom. The van der Waals surface area contributed by atoms with Crippen molar-refractivity contribution in [3.05, 3.63) is 74.2 Å². The van der Waals surface area contributed by atoms with Gasteiger partial charge in [0.1, 0.15) is 6.61 Å². The first-order valence-corrected chi connectivity index (χ1v) is 11.1. The number of carbonyl (C=O) groups excluding carboxylic acids is 2. The lowest BCUT2D eigenvalue weighted by Crippen LogP contribution is -2.22. The number of carbonyl (C=O) groups is 2. The van der Waals surface area contributed by atoms with Gasteiger partial charge >= 0.3 is 0 Å². The van der Waals surface area contributed by atoms with Gasteiger partial charge in [0.2, 0.25) is 0 Å². The van der Waals surface area contributed by atoms with E-state index in [0.29, 0.717) is 23.0 Å². The summed E-state index contributed by atoms with van der Waals surface area (Å²) in [5.41, 5.74) is 1.86. The summed E-state index contributed by atoms with van der Waals surface area (Å²) >= 11 is 3.13. The number of thioether (sulfide) groups is 1. The Hall–Kier alpha value is -2.52. The minimum atomic E-state index is -0.296. The van der Waals surface area contributed by atoms with Crippen LogP contribution in [0.4, 0.5) is 4.79 Å². The maximum Gasteiger partial charge on any atom is 0.293 e. The Bertz CT molecular complexity index is 1190. The molecule has 7 heteroatoms. The average molecular weight is 531 g/mol. The van der Waals surface area contributed by atoms with Crippen molar-refractivity contribution >= 4 is 62.3 Å². The van der Waals surface area contributed by atoms with E-state index in [-0.39, 0.29) is 11.1 Å². The Labute approximate surface area is 192 Å². The maximum absolute atomic E-state index is 12.2. The molecule has 0 atom stereocenters. The molecular weight excluding hydrogens is 513 g/mol. The Kier molecular flexibility index (Phi) is 6.01. The molecule has 1 aliphatic heterocycles. The molecule has 0 bridgehead atoms. The van der Waals surface area contributed by atoms with Crippen molar-refractivity contribution in [3.8, 4) is 11.5 Å². The molecule has 1 heterocycles. The molecule has 4 rings (SSSR count). The van der Waals surface area contributed by atoms with Gasteiger partial charge in [-0.2, -0.15) is 0 Å². The van der Waals surface area contributed by atoms with Crippen LogP contribution in [0.1, 0.15) is 11.1 Å². The molecule has 0 spiro atoms. The van der Waals surface area contributed by atoms with Crippen LogP contribution in [-0.4, -0.2) is 30.2 Å². The summed E-state index contributed by atoms with van der Waals surface area (Å²) in [6, 6.07) is 18.1. The summed E-state index contributed by atoms with van der Waals surface area (Å²) in [4.78, 5) is 25.4. The van der Waals surface area contributed by atoms with Gasteiger partial charge < -0.3 is 9.47 Å².